The van der Waals surface area contributed by atoms with Crippen LogP contribution in [0.15, 0.2) is 66.7 Å². The zero-order valence-electron chi connectivity index (χ0n) is 12.2. The predicted molar refractivity (Wildman–Crippen MR) is 92.4 cm³/mol. The number of rotatable bonds is 0. The first-order chi connectivity index (χ1) is 11.4. The van der Waals surface area contributed by atoms with E-state index in [4.69, 9.17) is 0 Å². The van der Waals surface area contributed by atoms with Gasteiger partial charge in [0.15, 0.2) is 5.65 Å². The fourth-order valence-corrected chi connectivity index (χ4v) is 3.37. The molecule has 0 spiro atoms. The molecule has 2 heterocycles. The van der Waals surface area contributed by atoms with Gasteiger partial charge in [0, 0.05) is 10.8 Å². The van der Waals surface area contributed by atoms with Crippen molar-refractivity contribution in [2.24, 2.45) is 0 Å². The van der Waals surface area contributed by atoms with Gasteiger partial charge in [-0.15, -0.1) is 0 Å². The van der Waals surface area contributed by atoms with E-state index in [1.165, 1.54) is 10.8 Å². The minimum atomic E-state index is 0.601. The van der Waals surface area contributed by atoms with Crippen molar-refractivity contribution in [2.45, 2.75) is 0 Å². The molecule has 106 valence electrons. The van der Waals surface area contributed by atoms with Crippen LogP contribution in [0.4, 0.5) is 0 Å². The lowest BCUT2D eigenvalue weighted by Crippen LogP contribution is -1.93. The number of pyridine rings is 1. The van der Waals surface area contributed by atoms with E-state index < -0.39 is 0 Å². The van der Waals surface area contributed by atoms with Crippen LogP contribution >= 0.6 is 0 Å². The van der Waals surface area contributed by atoms with Crippen LogP contribution in [0, 0.1) is 11.3 Å². The Hall–Kier alpha value is -3.38. The zero-order valence-corrected chi connectivity index (χ0v) is 12.2. The summed E-state index contributed by atoms with van der Waals surface area (Å²) in [6.07, 6.45) is 0. The molecule has 0 amide bonds. The number of nitriles is 1. The number of imidazole rings is 1. The SMILES string of the molecule is N#Cc1cc2ccc3ccccc3c2n2c1nc1ccccc12. The van der Waals surface area contributed by atoms with E-state index in [-0.39, 0.29) is 0 Å². The monoisotopic (exact) mass is 293 g/mol. The van der Waals surface area contributed by atoms with Gasteiger partial charge in [-0.3, -0.25) is 4.40 Å². The average Bonchev–Trinajstić information content (AvgIpc) is 3.00. The second kappa shape index (κ2) is 4.31. The number of para-hydroxylation sites is 2. The topological polar surface area (TPSA) is 41.1 Å². The lowest BCUT2D eigenvalue weighted by atomic mass is 10.0. The second-order valence-electron chi connectivity index (χ2n) is 5.65. The van der Waals surface area contributed by atoms with Gasteiger partial charge in [-0.05, 0) is 23.6 Å². The van der Waals surface area contributed by atoms with Crippen LogP contribution in [0.2, 0.25) is 0 Å². The van der Waals surface area contributed by atoms with Crippen LogP contribution in [0.5, 0.6) is 0 Å². The van der Waals surface area contributed by atoms with Crippen molar-refractivity contribution >= 4 is 38.4 Å². The van der Waals surface area contributed by atoms with Crippen molar-refractivity contribution in [2.75, 3.05) is 0 Å². The molecule has 0 aliphatic rings. The number of hydrogen-bond acceptors (Lipinski definition) is 2. The Kier molecular flexibility index (Phi) is 2.29. The van der Waals surface area contributed by atoms with Crippen molar-refractivity contribution in [1.82, 2.24) is 9.38 Å². The van der Waals surface area contributed by atoms with Crippen LogP contribution in [-0.2, 0) is 0 Å². The maximum absolute atomic E-state index is 9.53. The molecule has 0 radical (unpaired) electrons. The summed E-state index contributed by atoms with van der Waals surface area (Å²) < 4.78 is 2.12. The van der Waals surface area contributed by atoms with Crippen LogP contribution in [0.3, 0.4) is 0 Å². The number of benzene rings is 3. The first kappa shape index (κ1) is 12.2. The molecule has 0 bridgehead atoms. The lowest BCUT2D eigenvalue weighted by molar-refractivity contribution is 1.29. The van der Waals surface area contributed by atoms with Gasteiger partial charge in [0.05, 0.1) is 22.1 Å². The molecule has 0 fully saturated rings. The summed E-state index contributed by atoms with van der Waals surface area (Å²) in [4.78, 5) is 4.68. The van der Waals surface area contributed by atoms with Crippen LogP contribution in [0.25, 0.3) is 38.4 Å². The molecule has 0 aliphatic heterocycles. The van der Waals surface area contributed by atoms with E-state index in [1.807, 2.05) is 36.4 Å². The Labute approximate surface area is 132 Å². The van der Waals surface area contributed by atoms with Gasteiger partial charge in [-0.2, -0.15) is 5.26 Å². The molecule has 5 aromatic rings. The van der Waals surface area contributed by atoms with Crippen molar-refractivity contribution in [3.8, 4) is 6.07 Å². The third-order valence-electron chi connectivity index (χ3n) is 4.38. The first-order valence-electron chi connectivity index (χ1n) is 7.48. The largest absolute Gasteiger partial charge is 0.290 e. The van der Waals surface area contributed by atoms with E-state index in [2.05, 4.69) is 45.8 Å². The smallest absolute Gasteiger partial charge is 0.156 e. The fraction of sp³-hybridized carbons (Fsp3) is 0. The van der Waals surface area contributed by atoms with Crippen molar-refractivity contribution in [1.29, 1.82) is 5.26 Å². The predicted octanol–water partition coefficient (Wildman–Crippen LogP) is 4.67. The van der Waals surface area contributed by atoms with E-state index in [0.29, 0.717) is 5.56 Å². The molecule has 3 nitrogen and oxygen atoms in total. The number of fused-ring (bicyclic) bond motifs is 7. The van der Waals surface area contributed by atoms with Gasteiger partial charge in [0.1, 0.15) is 6.07 Å². The maximum atomic E-state index is 9.53. The third-order valence-corrected chi connectivity index (χ3v) is 4.38. The summed E-state index contributed by atoms with van der Waals surface area (Å²) in [5, 5.41) is 12.9. The van der Waals surface area contributed by atoms with Gasteiger partial charge in [0.25, 0.3) is 0 Å². The van der Waals surface area contributed by atoms with E-state index >= 15 is 0 Å². The zero-order chi connectivity index (χ0) is 15.4. The summed E-state index contributed by atoms with van der Waals surface area (Å²) in [6.45, 7) is 0. The molecule has 3 heteroatoms. The highest BCUT2D eigenvalue weighted by atomic mass is 15.0. The number of hydrogen-bond donors (Lipinski definition) is 0. The van der Waals surface area contributed by atoms with Gasteiger partial charge < -0.3 is 0 Å². The highest BCUT2D eigenvalue weighted by Gasteiger charge is 2.13. The Morgan fingerprint density at radius 1 is 0.870 bits per heavy atom. The average molecular weight is 293 g/mol. The second-order valence-corrected chi connectivity index (χ2v) is 5.65. The van der Waals surface area contributed by atoms with Crippen LogP contribution in [-0.4, -0.2) is 9.38 Å². The Balaban J connectivity index is 2.21. The molecular weight excluding hydrogens is 282 g/mol. The summed E-state index contributed by atoms with van der Waals surface area (Å²) >= 11 is 0. The molecule has 5 rings (SSSR count). The Morgan fingerprint density at radius 2 is 1.65 bits per heavy atom. The molecule has 0 aliphatic carbocycles. The van der Waals surface area contributed by atoms with Crippen molar-refractivity contribution < 1.29 is 0 Å². The molecule has 2 aromatic heterocycles. The molecule has 0 atom stereocenters. The molecule has 3 aromatic carbocycles. The summed E-state index contributed by atoms with van der Waals surface area (Å²) in [7, 11) is 0. The molecule has 0 unspecified atom stereocenters. The lowest BCUT2D eigenvalue weighted by Gasteiger charge is -2.08. The van der Waals surface area contributed by atoms with Crippen molar-refractivity contribution in [3.05, 3.63) is 72.3 Å². The molecule has 0 N–H and O–H groups in total. The minimum Gasteiger partial charge on any atom is -0.290 e. The highest BCUT2D eigenvalue weighted by Crippen LogP contribution is 2.31. The van der Waals surface area contributed by atoms with Crippen molar-refractivity contribution in [3.63, 3.8) is 0 Å². The minimum absolute atomic E-state index is 0.601. The van der Waals surface area contributed by atoms with Crippen LogP contribution < -0.4 is 0 Å². The first-order valence-corrected chi connectivity index (χ1v) is 7.48. The quantitative estimate of drug-likeness (QED) is 0.389. The maximum Gasteiger partial charge on any atom is 0.156 e. The highest BCUT2D eigenvalue weighted by molar-refractivity contribution is 6.08. The van der Waals surface area contributed by atoms with Gasteiger partial charge in [-0.25, -0.2) is 4.98 Å². The summed E-state index contributed by atoms with van der Waals surface area (Å²) in [5.74, 6) is 0. The molecule has 23 heavy (non-hydrogen) atoms. The van der Waals surface area contributed by atoms with E-state index in [9.17, 15) is 5.26 Å². The van der Waals surface area contributed by atoms with Crippen LogP contribution in [0.1, 0.15) is 5.56 Å². The Bertz CT molecular complexity index is 1270. The molecule has 0 saturated heterocycles. The third kappa shape index (κ3) is 1.55. The van der Waals surface area contributed by atoms with Gasteiger partial charge in [0.2, 0.25) is 0 Å². The fourth-order valence-electron chi connectivity index (χ4n) is 3.37. The van der Waals surface area contributed by atoms with Gasteiger partial charge >= 0.3 is 0 Å². The van der Waals surface area contributed by atoms with E-state index in [0.717, 1.165) is 27.6 Å². The molecule has 0 saturated carbocycles. The normalized spacial score (nSPS) is 11.4. The Morgan fingerprint density at radius 3 is 2.57 bits per heavy atom. The number of nitrogens with zero attached hydrogens (tertiary/aromatic N) is 3. The number of aromatic nitrogens is 2. The molecular formula is C20H11N3. The van der Waals surface area contributed by atoms with E-state index in [1.54, 1.807) is 0 Å². The standard InChI is InChI=1S/C20H11N3/c21-12-15-11-14-10-9-13-5-1-2-6-16(13)19(14)23-18-8-4-3-7-17(18)22-20(15)23/h1-11H. The summed E-state index contributed by atoms with van der Waals surface area (Å²) in [6, 6.07) is 24.7. The van der Waals surface area contributed by atoms with Gasteiger partial charge in [-0.1, -0.05) is 48.5 Å². The summed E-state index contributed by atoms with van der Waals surface area (Å²) in [5.41, 5.74) is 4.36.